The van der Waals surface area contributed by atoms with Crippen LogP contribution in [0.15, 0.2) is 54.6 Å². The second-order valence-electron chi connectivity index (χ2n) is 7.62. The number of ether oxygens (including phenoxy) is 1. The highest BCUT2D eigenvalue weighted by Crippen LogP contribution is 2.23. The van der Waals surface area contributed by atoms with E-state index in [-0.39, 0.29) is 12.5 Å². The lowest BCUT2D eigenvalue weighted by atomic mass is 10.0. The predicted molar refractivity (Wildman–Crippen MR) is 114 cm³/mol. The van der Waals surface area contributed by atoms with Crippen LogP contribution in [-0.2, 0) is 21.4 Å². The van der Waals surface area contributed by atoms with Crippen LogP contribution in [0.25, 0.3) is 0 Å². The first kappa shape index (κ1) is 21.2. The van der Waals surface area contributed by atoms with Gasteiger partial charge in [-0.15, -0.1) is 0 Å². The molecule has 0 saturated carbocycles. The van der Waals surface area contributed by atoms with E-state index >= 15 is 0 Å². The van der Waals surface area contributed by atoms with E-state index in [1.807, 2.05) is 30.3 Å². The normalized spacial score (nSPS) is 17.0. The lowest BCUT2D eigenvalue weighted by Gasteiger charge is -2.33. The Hall–Kier alpha value is -2.54. The number of hydrogen-bond acceptors (Lipinski definition) is 4. The summed E-state index contributed by atoms with van der Waals surface area (Å²) in [5.41, 5.74) is 1.51. The number of piperidine rings is 1. The summed E-state index contributed by atoms with van der Waals surface area (Å²) in [6.45, 7) is 3.73. The summed E-state index contributed by atoms with van der Waals surface area (Å²) < 4.78 is 31.6. The number of hydrogen-bond donors (Lipinski definition) is 0. The number of nitrogens with zero attached hydrogens (tertiary/aromatic N) is 2. The van der Waals surface area contributed by atoms with Crippen LogP contribution in [0.4, 0.5) is 5.69 Å². The molecule has 0 N–H and O–H groups in total. The molecule has 1 heterocycles. The maximum absolute atomic E-state index is 12.7. The standard InChI is InChI=1S/C22H28N2O4S/c1-18-7-6-14-23(15-18)22(25)16-24(29(2,26)27)20-10-12-21(13-11-20)28-17-19-8-4-3-5-9-19/h3-5,8-13,18H,6-7,14-17H2,1-2H3/t18-/m1/s1. The molecule has 7 heteroatoms. The number of rotatable bonds is 7. The second kappa shape index (κ2) is 9.31. The molecular weight excluding hydrogens is 388 g/mol. The van der Waals surface area contributed by atoms with Gasteiger partial charge < -0.3 is 9.64 Å². The van der Waals surface area contributed by atoms with Gasteiger partial charge in [-0.1, -0.05) is 37.3 Å². The number of carbonyl (C=O) groups excluding carboxylic acids is 1. The molecule has 1 fully saturated rings. The second-order valence-corrected chi connectivity index (χ2v) is 9.53. The van der Waals surface area contributed by atoms with Gasteiger partial charge in [-0.2, -0.15) is 0 Å². The van der Waals surface area contributed by atoms with Gasteiger partial charge in [-0.25, -0.2) is 8.42 Å². The summed E-state index contributed by atoms with van der Waals surface area (Å²) in [4.78, 5) is 14.5. The van der Waals surface area contributed by atoms with Gasteiger partial charge in [0.15, 0.2) is 0 Å². The lowest BCUT2D eigenvalue weighted by Crippen LogP contribution is -2.46. The van der Waals surface area contributed by atoms with Crippen LogP contribution in [0.1, 0.15) is 25.3 Å². The third-order valence-electron chi connectivity index (χ3n) is 5.06. The smallest absolute Gasteiger partial charge is 0.243 e. The number of anilines is 1. The molecule has 29 heavy (non-hydrogen) atoms. The van der Waals surface area contributed by atoms with Crippen LogP contribution in [0, 0.1) is 5.92 Å². The fourth-order valence-electron chi connectivity index (χ4n) is 3.49. The monoisotopic (exact) mass is 416 g/mol. The van der Waals surface area contributed by atoms with E-state index in [1.165, 1.54) is 0 Å². The molecule has 1 saturated heterocycles. The zero-order chi connectivity index (χ0) is 20.9. The fraction of sp³-hybridized carbons (Fsp3) is 0.409. The zero-order valence-electron chi connectivity index (χ0n) is 17.0. The third kappa shape index (κ3) is 5.97. The van der Waals surface area contributed by atoms with Crippen LogP contribution < -0.4 is 9.04 Å². The molecule has 2 aromatic rings. The number of sulfonamides is 1. The first-order chi connectivity index (χ1) is 13.8. The Morgan fingerprint density at radius 2 is 1.83 bits per heavy atom. The molecule has 0 spiro atoms. The van der Waals surface area contributed by atoms with E-state index in [9.17, 15) is 13.2 Å². The Morgan fingerprint density at radius 1 is 1.14 bits per heavy atom. The van der Waals surface area contributed by atoms with Crippen molar-refractivity contribution >= 4 is 21.6 Å². The summed E-state index contributed by atoms with van der Waals surface area (Å²) >= 11 is 0. The first-order valence-corrected chi connectivity index (χ1v) is 11.7. The average Bonchev–Trinajstić information content (AvgIpc) is 2.71. The summed E-state index contributed by atoms with van der Waals surface area (Å²) in [6.07, 6.45) is 3.18. The minimum absolute atomic E-state index is 0.161. The highest BCUT2D eigenvalue weighted by molar-refractivity contribution is 7.92. The maximum Gasteiger partial charge on any atom is 0.243 e. The summed E-state index contributed by atoms with van der Waals surface area (Å²) in [7, 11) is -3.59. The van der Waals surface area contributed by atoms with E-state index in [2.05, 4.69) is 6.92 Å². The topological polar surface area (TPSA) is 66.9 Å². The molecule has 6 nitrogen and oxygen atoms in total. The summed E-state index contributed by atoms with van der Waals surface area (Å²) in [5.74, 6) is 0.925. The molecule has 0 aromatic heterocycles. The fourth-order valence-corrected chi connectivity index (χ4v) is 4.34. The number of benzene rings is 2. The summed E-state index contributed by atoms with van der Waals surface area (Å²) in [6, 6.07) is 16.6. The van der Waals surface area contributed by atoms with Crippen molar-refractivity contribution in [1.82, 2.24) is 4.90 Å². The Morgan fingerprint density at radius 3 is 2.45 bits per heavy atom. The molecule has 3 rings (SSSR count). The molecule has 0 unspecified atom stereocenters. The van der Waals surface area contributed by atoms with Gasteiger partial charge in [0.25, 0.3) is 0 Å². The molecule has 1 atom stereocenters. The number of carbonyl (C=O) groups is 1. The van der Waals surface area contributed by atoms with Crippen LogP contribution >= 0.6 is 0 Å². The van der Waals surface area contributed by atoms with Crippen molar-refractivity contribution in [2.45, 2.75) is 26.4 Å². The largest absolute Gasteiger partial charge is 0.489 e. The van der Waals surface area contributed by atoms with Crippen molar-refractivity contribution in [1.29, 1.82) is 0 Å². The first-order valence-electron chi connectivity index (χ1n) is 9.85. The highest BCUT2D eigenvalue weighted by Gasteiger charge is 2.26. The van der Waals surface area contributed by atoms with Crippen molar-refractivity contribution in [2.24, 2.45) is 5.92 Å². The highest BCUT2D eigenvalue weighted by atomic mass is 32.2. The zero-order valence-corrected chi connectivity index (χ0v) is 17.8. The van der Waals surface area contributed by atoms with Gasteiger partial charge in [0, 0.05) is 13.1 Å². The molecule has 1 aliphatic heterocycles. The van der Waals surface area contributed by atoms with E-state index in [4.69, 9.17) is 4.74 Å². The van der Waals surface area contributed by atoms with Crippen molar-refractivity contribution in [3.05, 3.63) is 60.2 Å². The minimum Gasteiger partial charge on any atom is -0.489 e. The van der Waals surface area contributed by atoms with Crippen molar-refractivity contribution in [2.75, 3.05) is 30.2 Å². The number of likely N-dealkylation sites (tertiary alicyclic amines) is 1. The van der Waals surface area contributed by atoms with E-state index < -0.39 is 10.0 Å². The van der Waals surface area contributed by atoms with E-state index in [1.54, 1.807) is 29.2 Å². The van der Waals surface area contributed by atoms with Gasteiger partial charge in [-0.3, -0.25) is 9.10 Å². The molecule has 2 aromatic carbocycles. The molecular formula is C22H28N2O4S. The number of amides is 1. The van der Waals surface area contributed by atoms with Gasteiger partial charge in [0.2, 0.25) is 15.9 Å². The maximum atomic E-state index is 12.7. The average molecular weight is 417 g/mol. The van der Waals surface area contributed by atoms with Gasteiger partial charge in [-0.05, 0) is 48.6 Å². The Labute approximate surface area is 173 Å². The van der Waals surface area contributed by atoms with Crippen molar-refractivity contribution in [3.63, 3.8) is 0 Å². The molecule has 1 amide bonds. The van der Waals surface area contributed by atoms with Gasteiger partial charge in [0.05, 0.1) is 11.9 Å². The lowest BCUT2D eigenvalue weighted by molar-refractivity contribution is -0.131. The minimum atomic E-state index is -3.59. The Bertz CT molecular complexity index is 914. The van der Waals surface area contributed by atoms with E-state index in [0.29, 0.717) is 37.1 Å². The Balaban J connectivity index is 1.68. The van der Waals surface area contributed by atoms with E-state index in [0.717, 1.165) is 29.0 Å². The molecule has 1 aliphatic rings. The van der Waals surface area contributed by atoms with Gasteiger partial charge >= 0.3 is 0 Å². The molecule has 156 valence electrons. The van der Waals surface area contributed by atoms with Crippen LogP contribution in [-0.4, -0.2) is 45.1 Å². The molecule has 0 bridgehead atoms. The molecule has 0 aliphatic carbocycles. The summed E-state index contributed by atoms with van der Waals surface area (Å²) in [5, 5.41) is 0. The van der Waals surface area contributed by atoms with Crippen LogP contribution in [0.2, 0.25) is 0 Å². The van der Waals surface area contributed by atoms with Crippen LogP contribution in [0.5, 0.6) is 5.75 Å². The quantitative estimate of drug-likeness (QED) is 0.695. The Kier molecular flexibility index (Phi) is 6.79. The van der Waals surface area contributed by atoms with Crippen molar-refractivity contribution < 1.29 is 17.9 Å². The predicted octanol–water partition coefficient (Wildman–Crippen LogP) is 3.29. The van der Waals surface area contributed by atoms with Gasteiger partial charge in [0.1, 0.15) is 18.9 Å². The SMILES string of the molecule is C[C@@H]1CCCN(C(=O)CN(c2ccc(OCc3ccccc3)cc2)S(C)(=O)=O)C1. The van der Waals surface area contributed by atoms with Crippen LogP contribution in [0.3, 0.4) is 0 Å². The van der Waals surface area contributed by atoms with Crippen molar-refractivity contribution in [3.8, 4) is 5.75 Å². The third-order valence-corrected chi connectivity index (χ3v) is 6.20. The molecule has 0 radical (unpaired) electrons.